The second-order valence-corrected chi connectivity index (χ2v) is 6.58. The standard InChI is InChI=1S/C18H23NO3S.ClH/c1-19(11-9-18(20)21)10-3-12-22-16-7-5-15(6-8-16)14-17-4-2-13-23-17;/h2,4-8,13H,3,9-12,14H2,1H3,(H,20,21);1H. The van der Waals surface area contributed by atoms with Crippen LogP contribution in [0.1, 0.15) is 23.3 Å². The third-order valence-corrected chi connectivity index (χ3v) is 4.42. The third-order valence-electron chi connectivity index (χ3n) is 3.54. The Kier molecular flexibility index (Phi) is 9.45. The third kappa shape index (κ3) is 7.81. The van der Waals surface area contributed by atoms with Gasteiger partial charge < -0.3 is 14.7 Å². The number of halogens is 1. The van der Waals surface area contributed by atoms with Crippen LogP contribution < -0.4 is 4.74 Å². The van der Waals surface area contributed by atoms with Gasteiger partial charge in [0.05, 0.1) is 13.0 Å². The van der Waals surface area contributed by atoms with Crippen LogP contribution in [0.5, 0.6) is 5.75 Å². The van der Waals surface area contributed by atoms with E-state index in [0.717, 1.165) is 25.1 Å². The van der Waals surface area contributed by atoms with Gasteiger partial charge in [-0.15, -0.1) is 23.7 Å². The van der Waals surface area contributed by atoms with Crippen LogP contribution in [-0.4, -0.2) is 42.7 Å². The molecule has 0 saturated heterocycles. The monoisotopic (exact) mass is 369 g/mol. The van der Waals surface area contributed by atoms with Gasteiger partial charge in [-0.2, -0.15) is 0 Å². The van der Waals surface area contributed by atoms with E-state index >= 15 is 0 Å². The summed E-state index contributed by atoms with van der Waals surface area (Å²) in [7, 11) is 1.93. The molecule has 0 fully saturated rings. The maximum absolute atomic E-state index is 10.5. The lowest BCUT2D eigenvalue weighted by Crippen LogP contribution is -2.24. The first-order valence-electron chi connectivity index (χ1n) is 7.78. The summed E-state index contributed by atoms with van der Waals surface area (Å²) in [5, 5.41) is 10.7. The molecule has 0 radical (unpaired) electrons. The van der Waals surface area contributed by atoms with Gasteiger partial charge in [0.25, 0.3) is 0 Å². The molecular formula is C18H24ClNO3S. The number of hydrogen-bond acceptors (Lipinski definition) is 4. The summed E-state index contributed by atoms with van der Waals surface area (Å²) in [6.45, 7) is 2.05. The second-order valence-electron chi connectivity index (χ2n) is 5.55. The Morgan fingerprint density at radius 3 is 2.58 bits per heavy atom. The molecule has 0 saturated carbocycles. The summed E-state index contributed by atoms with van der Waals surface area (Å²) in [6.07, 6.45) is 2.03. The number of ether oxygens (including phenoxy) is 1. The molecule has 2 rings (SSSR count). The molecule has 132 valence electrons. The van der Waals surface area contributed by atoms with E-state index in [1.807, 2.05) is 24.1 Å². The average Bonchev–Trinajstić information content (AvgIpc) is 3.04. The maximum Gasteiger partial charge on any atom is 0.304 e. The highest BCUT2D eigenvalue weighted by Crippen LogP contribution is 2.18. The maximum atomic E-state index is 10.5. The minimum absolute atomic E-state index is 0. The van der Waals surface area contributed by atoms with E-state index in [1.54, 1.807) is 11.3 Å². The number of nitrogens with zero attached hydrogens (tertiary/aromatic N) is 1. The highest BCUT2D eigenvalue weighted by atomic mass is 35.5. The highest BCUT2D eigenvalue weighted by molar-refractivity contribution is 7.09. The number of thiophene rings is 1. The fourth-order valence-electron chi connectivity index (χ4n) is 2.24. The fraction of sp³-hybridized carbons (Fsp3) is 0.389. The molecule has 0 aliphatic rings. The molecule has 6 heteroatoms. The molecule has 0 unspecified atom stereocenters. The van der Waals surface area contributed by atoms with Crippen molar-refractivity contribution in [3.05, 3.63) is 52.2 Å². The lowest BCUT2D eigenvalue weighted by atomic mass is 10.1. The molecule has 24 heavy (non-hydrogen) atoms. The van der Waals surface area contributed by atoms with Crippen LogP contribution in [0.15, 0.2) is 41.8 Å². The van der Waals surface area contributed by atoms with Crippen LogP contribution in [0.2, 0.25) is 0 Å². The van der Waals surface area contributed by atoms with Crippen LogP contribution in [0.4, 0.5) is 0 Å². The van der Waals surface area contributed by atoms with Crippen molar-refractivity contribution < 1.29 is 14.6 Å². The summed E-state index contributed by atoms with van der Waals surface area (Å²) >= 11 is 1.77. The summed E-state index contributed by atoms with van der Waals surface area (Å²) in [6, 6.07) is 12.5. The molecular weight excluding hydrogens is 346 g/mol. The van der Waals surface area contributed by atoms with Crippen molar-refractivity contribution in [3.8, 4) is 5.75 Å². The number of rotatable bonds is 10. The zero-order chi connectivity index (χ0) is 16.5. The molecule has 0 aliphatic carbocycles. The van der Waals surface area contributed by atoms with Gasteiger partial charge in [-0.05, 0) is 42.6 Å². The molecule has 4 nitrogen and oxygen atoms in total. The summed E-state index contributed by atoms with van der Waals surface area (Å²) in [5.41, 5.74) is 1.29. The summed E-state index contributed by atoms with van der Waals surface area (Å²) in [4.78, 5) is 13.9. The SMILES string of the molecule is CN(CCCOc1ccc(Cc2cccs2)cc1)CCC(=O)O.Cl. The van der Waals surface area contributed by atoms with Gasteiger partial charge in [0.2, 0.25) is 0 Å². The summed E-state index contributed by atoms with van der Waals surface area (Å²) in [5.74, 6) is 0.129. The molecule has 1 N–H and O–H groups in total. The molecule has 1 heterocycles. The molecule has 0 bridgehead atoms. The number of benzene rings is 1. The first-order valence-corrected chi connectivity index (χ1v) is 8.66. The number of hydrogen-bond donors (Lipinski definition) is 1. The van der Waals surface area contributed by atoms with E-state index in [4.69, 9.17) is 9.84 Å². The quantitative estimate of drug-likeness (QED) is 0.644. The second kappa shape index (κ2) is 11.1. The Labute approximate surface area is 153 Å². The fourth-order valence-corrected chi connectivity index (χ4v) is 2.98. The molecule has 0 spiro atoms. The van der Waals surface area contributed by atoms with Gasteiger partial charge in [-0.3, -0.25) is 4.79 Å². The normalized spacial score (nSPS) is 10.4. The largest absolute Gasteiger partial charge is 0.494 e. The van der Waals surface area contributed by atoms with Crippen molar-refractivity contribution >= 4 is 29.7 Å². The minimum Gasteiger partial charge on any atom is -0.494 e. The zero-order valence-electron chi connectivity index (χ0n) is 13.8. The Morgan fingerprint density at radius 2 is 1.96 bits per heavy atom. The minimum atomic E-state index is -0.754. The van der Waals surface area contributed by atoms with Crippen LogP contribution >= 0.6 is 23.7 Å². The van der Waals surface area contributed by atoms with E-state index in [2.05, 4.69) is 29.6 Å². The predicted octanol–water partition coefficient (Wildman–Crippen LogP) is 3.94. The number of carboxylic acids is 1. The van der Waals surface area contributed by atoms with Gasteiger partial charge in [-0.1, -0.05) is 18.2 Å². The topological polar surface area (TPSA) is 49.8 Å². The molecule has 0 atom stereocenters. The van der Waals surface area contributed by atoms with Crippen LogP contribution in [0.3, 0.4) is 0 Å². The van der Waals surface area contributed by atoms with Gasteiger partial charge >= 0.3 is 5.97 Å². The van der Waals surface area contributed by atoms with Gasteiger partial charge in [-0.25, -0.2) is 0 Å². The van der Waals surface area contributed by atoms with Crippen molar-refractivity contribution in [3.63, 3.8) is 0 Å². The average molecular weight is 370 g/mol. The lowest BCUT2D eigenvalue weighted by Gasteiger charge is -2.15. The van der Waals surface area contributed by atoms with Crippen molar-refractivity contribution in [2.45, 2.75) is 19.3 Å². The molecule has 1 aromatic heterocycles. The first-order chi connectivity index (χ1) is 11.1. The Bertz CT molecular complexity index is 587. The van der Waals surface area contributed by atoms with E-state index in [9.17, 15) is 4.79 Å². The number of aliphatic carboxylic acids is 1. The Morgan fingerprint density at radius 1 is 1.21 bits per heavy atom. The lowest BCUT2D eigenvalue weighted by molar-refractivity contribution is -0.137. The van der Waals surface area contributed by atoms with E-state index < -0.39 is 5.97 Å². The van der Waals surface area contributed by atoms with Crippen LogP contribution in [-0.2, 0) is 11.2 Å². The van der Waals surface area contributed by atoms with Crippen molar-refractivity contribution in [2.75, 3.05) is 26.7 Å². The van der Waals surface area contributed by atoms with Crippen molar-refractivity contribution in [1.29, 1.82) is 0 Å². The Hall–Kier alpha value is -1.56. The van der Waals surface area contributed by atoms with Crippen LogP contribution in [0.25, 0.3) is 0 Å². The smallest absolute Gasteiger partial charge is 0.304 e. The van der Waals surface area contributed by atoms with E-state index in [1.165, 1.54) is 10.4 Å². The first kappa shape index (κ1) is 20.5. The number of carbonyl (C=O) groups is 1. The zero-order valence-corrected chi connectivity index (χ0v) is 15.4. The van der Waals surface area contributed by atoms with Crippen molar-refractivity contribution in [2.24, 2.45) is 0 Å². The predicted molar refractivity (Wildman–Crippen MR) is 101 cm³/mol. The molecule has 0 aliphatic heterocycles. The highest BCUT2D eigenvalue weighted by Gasteiger charge is 2.03. The van der Waals surface area contributed by atoms with Gasteiger partial charge in [0.1, 0.15) is 5.75 Å². The summed E-state index contributed by atoms with van der Waals surface area (Å²) < 4.78 is 5.73. The van der Waals surface area contributed by atoms with E-state index in [0.29, 0.717) is 13.2 Å². The molecule has 0 amide bonds. The van der Waals surface area contributed by atoms with Crippen molar-refractivity contribution in [1.82, 2.24) is 4.90 Å². The van der Waals surface area contributed by atoms with E-state index in [-0.39, 0.29) is 18.8 Å². The Balaban J connectivity index is 0.00000288. The van der Waals surface area contributed by atoms with Gasteiger partial charge in [0, 0.05) is 24.4 Å². The molecule has 1 aromatic carbocycles. The van der Waals surface area contributed by atoms with Crippen LogP contribution in [0, 0.1) is 0 Å². The molecule has 2 aromatic rings. The van der Waals surface area contributed by atoms with Gasteiger partial charge in [0.15, 0.2) is 0 Å². The number of carboxylic acid groups (broad SMARTS) is 1.